The Hall–Kier alpha value is -3.43. The van der Waals surface area contributed by atoms with Gasteiger partial charge in [0.15, 0.2) is 11.0 Å². The highest BCUT2D eigenvalue weighted by Gasteiger charge is 2.17. The van der Waals surface area contributed by atoms with Crippen molar-refractivity contribution in [2.45, 2.75) is 17.5 Å². The quantitative estimate of drug-likeness (QED) is 0.286. The Bertz CT molecular complexity index is 1300. The number of hydrogen-bond acceptors (Lipinski definition) is 8. The first-order valence-corrected chi connectivity index (χ1v) is 11.7. The van der Waals surface area contributed by atoms with Crippen molar-refractivity contribution in [3.05, 3.63) is 84.0 Å². The van der Waals surface area contributed by atoms with Crippen LogP contribution in [0.2, 0.25) is 0 Å². The molecule has 0 saturated carbocycles. The maximum Gasteiger partial charge on any atom is 0.192 e. The van der Waals surface area contributed by atoms with Crippen LogP contribution in [-0.2, 0) is 12.3 Å². The maximum absolute atomic E-state index is 5.56. The number of benzene rings is 1. The third-order valence-electron chi connectivity index (χ3n) is 4.75. The molecule has 0 unspecified atom stereocenters. The third-order valence-corrected chi connectivity index (χ3v) is 6.69. The summed E-state index contributed by atoms with van der Waals surface area (Å²) in [5, 5.41) is 12.7. The number of aromatic nitrogens is 5. The molecule has 0 aliphatic heterocycles. The van der Waals surface area contributed by atoms with Gasteiger partial charge in [-0.2, -0.15) is 0 Å². The van der Waals surface area contributed by atoms with Crippen LogP contribution < -0.4 is 4.74 Å². The van der Waals surface area contributed by atoms with Crippen LogP contribution in [-0.4, -0.2) is 31.8 Å². The summed E-state index contributed by atoms with van der Waals surface area (Å²) >= 11 is 3.22. The average Bonchev–Trinajstić information content (AvgIpc) is 3.60. The van der Waals surface area contributed by atoms with Gasteiger partial charge in [0, 0.05) is 34.7 Å². The number of ether oxygens (including phenoxy) is 1. The van der Waals surface area contributed by atoms with Gasteiger partial charge in [0.1, 0.15) is 16.5 Å². The van der Waals surface area contributed by atoms with E-state index in [1.165, 1.54) is 0 Å². The van der Waals surface area contributed by atoms with Crippen LogP contribution in [0.25, 0.3) is 22.0 Å². The monoisotopic (exact) mass is 461 g/mol. The van der Waals surface area contributed by atoms with E-state index in [0.717, 1.165) is 44.3 Å². The molecular formula is C23H19N5O2S2. The minimum Gasteiger partial charge on any atom is -0.497 e. The Kier molecular flexibility index (Phi) is 6.00. The topological polar surface area (TPSA) is 78.9 Å². The number of thioether (sulfide) groups is 1. The highest BCUT2D eigenvalue weighted by atomic mass is 32.2. The summed E-state index contributed by atoms with van der Waals surface area (Å²) in [6.45, 7) is 0.540. The molecule has 0 radical (unpaired) electrons. The average molecular weight is 462 g/mol. The first-order valence-electron chi connectivity index (χ1n) is 9.88. The van der Waals surface area contributed by atoms with E-state index in [0.29, 0.717) is 12.3 Å². The molecule has 7 nitrogen and oxygen atoms in total. The minimum atomic E-state index is 0.540. The fraction of sp³-hybridized carbons (Fsp3) is 0.130. The van der Waals surface area contributed by atoms with E-state index in [-0.39, 0.29) is 0 Å². The van der Waals surface area contributed by atoms with Gasteiger partial charge < -0.3 is 9.15 Å². The Morgan fingerprint density at radius 2 is 2.03 bits per heavy atom. The summed E-state index contributed by atoms with van der Waals surface area (Å²) in [4.78, 5) is 9.01. The zero-order chi connectivity index (χ0) is 21.8. The normalized spacial score (nSPS) is 11.0. The second-order valence-electron chi connectivity index (χ2n) is 6.88. The van der Waals surface area contributed by atoms with Crippen LogP contribution >= 0.6 is 23.1 Å². The molecule has 32 heavy (non-hydrogen) atoms. The number of rotatable bonds is 8. The molecule has 5 aromatic rings. The van der Waals surface area contributed by atoms with Gasteiger partial charge in [-0.05, 0) is 36.4 Å². The SMILES string of the molecule is COc1cccc(-c2nc(CSc3nnc(-c4cccnc4)n3Cc3ccco3)cs2)c1. The second-order valence-corrected chi connectivity index (χ2v) is 8.68. The molecule has 0 saturated heterocycles. The Balaban J connectivity index is 1.37. The Morgan fingerprint density at radius 1 is 1.09 bits per heavy atom. The van der Waals surface area contributed by atoms with Crippen LogP contribution in [0.15, 0.2) is 82.1 Å². The van der Waals surface area contributed by atoms with E-state index < -0.39 is 0 Å². The van der Waals surface area contributed by atoms with Gasteiger partial charge in [0.25, 0.3) is 0 Å². The predicted molar refractivity (Wildman–Crippen MR) is 125 cm³/mol. The summed E-state index contributed by atoms with van der Waals surface area (Å²) in [6.07, 6.45) is 5.21. The first-order chi connectivity index (χ1) is 15.8. The van der Waals surface area contributed by atoms with Crippen LogP contribution in [0.5, 0.6) is 5.75 Å². The van der Waals surface area contributed by atoms with E-state index >= 15 is 0 Å². The molecule has 1 aromatic carbocycles. The first kappa shape index (κ1) is 20.5. The molecule has 4 heterocycles. The van der Waals surface area contributed by atoms with Gasteiger partial charge in [-0.3, -0.25) is 9.55 Å². The lowest BCUT2D eigenvalue weighted by Gasteiger charge is -2.08. The molecule has 0 N–H and O–H groups in total. The van der Waals surface area contributed by atoms with Crippen molar-refractivity contribution in [1.29, 1.82) is 0 Å². The van der Waals surface area contributed by atoms with Crippen molar-refractivity contribution >= 4 is 23.1 Å². The lowest BCUT2D eigenvalue weighted by molar-refractivity contribution is 0.415. The highest BCUT2D eigenvalue weighted by Crippen LogP contribution is 2.31. The molecule has 5 rings (SSSR count). The van der Waals surface area contributed by atoms with E-state index in [2.05, 4.69) is 25.1 Å². The molecular weight excluding hydrogens is 442 g/mol. The van der Waals surface area contributed by atoms with Crippen molar-refractivity contribution in [2.24, 2.45) is 0 Å². The van der Waals surface area contributed by atoms with Crippen molar-refractivity contribution in [3.8, 4) is 27.7 Å². The number of hydrogen-bond donors (Lipinski definition) is 0. The Morgan fingerprint density at radius 3 is 2.84 bits per heavy atom. The van der Waals surface area contributed by atoms with Crippen LogP contribution in [0, 0.1) is 0 Å². The van der Waals surface area contributed by atoms with Crippen molar-refractivity contribution in [1.82, 2.24) is 24.7 Å². The van der Waals surface area contributed by atoms with E-state index in [1.807, 2.05) is 48.5 Å². The lowest BCUT2D eigenvalue weighted by Crippen LogP contribution is -2.03. The summed E-state index contributed by atoms with van der Waals surface area (Å²) in [5.74, 6) is 3.10. The summed E-state index contributed by atoms with van der Waals surface area (Å²) in [5.41, 5.74) is 2.95. The van der Waals surface area contributed by atoms with Gasteiger partial charge in [-0.1, -0.05) is 23.9 Å². The van der Waals surface area contributed by atoms with Crippen molar-refractivity contribution in [2.75, 3.05) is 7.11 Å². The van der Waals surface area contributed by atoms with E-state index in [4.69, 9.17) is 14.1 Å². The molecule has 0 aliphatic rings. The number of methoxy groups -OCH3 is 1. The van der Waals surface area contributed by atoms with Gasteiger partial charge in [0.2, 0.25) is 0 Å². The van der Waals surface area contributed by atoms with Gasteiger partial charge in [0.05, 0.1) is 25.6 Å². The lowest BCUT2D eigenvalue weighted by atomic mass is 10.2. The predicted octanol–water partition coefficient (Wildman–Crippen LogP) is 5.41. The summed E-state index contributed by atoms with van der Waals surface area (Å²) in [7, 11) is 1.67. The standard InChI is InChI=1S/C23H19N5O2S2/c1-29-19-7-2-5-16(11-19)22-25-18(14-31-22)15-32-23-27-26-21(17-6-3-9-24-12-17)28(23)13-20-8-4-10-30-20/h2-12,14H,13,15H2,1H3. The number of thiazole rings is 1. The molecule has 0 fully saturated rings. The van der Waals surface area contributed by atoms with Gasteiger partial charge in [-0.25, -0.2) is 4.98 Å². The number of pyridine rings is 1. The summed E-state index contributed by atoms with van der Waals surface area (Å²) < 4.78 is 12.9. The smallest absolute Gasteiger partial charge is 0.192 e. The Labute approximate surface area is 193 Å². The van der Waals surface area contributed by atoms with E-state index in [9.17, 15) is 0 Å². The number of furan rings is 1. The summed E-state index contributed by atoms with van der Waals surface area (Å²) in [6, 6.07) is 15.6. The largest absolute Gasteiger partial charge is 0.497 e. The second kappa shape index (κ2) is 9.37. The zero-order valence-corrected chi connectivity index (χ0v) is 18.8. The van der Waals surface area contributed by atoms with Crippen LogP contribution in [0.4, 0.5) is 0 Å². The molecule has 0 amide bonds. The fourth-order valence-electron chi connectivity index (χ4n) is 3.21. The maximum atomic E-state index is 5.56. The highest BCUT2D eigenvalue weighted by molar-refractivity contribution is 7.98. The van der Waals surface area contributed by atoms with E-state index in [1.54, 1.807) is 48.9 Å². The molecule has 0 bridgehead atoms. The van der Waals surface area contributed by atoms with Crippen LogP contribution in [0.1, 0.15) is 11.5 Å². The molecule has 0 atom stereocenters. The van der Waals surface area contributed by atoms with Gasteiger partial charge in [-0.15, -0.1) is 21.5 Å². The molecule has 9 heteroatoms. The van der Waals surface area contributed by atoms with Crippen molar-refractivity contribution in [3.63, 3.8) is 0 Å². The fourth-order valence-corrected chi connectivity index (χ4v) is 4.96. The zero-order valence-electron chi connectivity index (χ0n) is 17.2. The van der Waals surface area contributed by atoms with Gasteiger partial charge >= 0.3 is 0 Å². The minimum absolute atomic E-state index is 0.540. The van der Waals surface area contributed by atoms with Crippen LogP contribution in [0.3, 0.4) is 0 Å². The molecule has 4 aromatic heterocycles. The van der Waals surface area contributed by atoms with Crippen molar-refractivity contribution < 1.29 is 9.15 Å². The molecule has 0 aliphatic carbocycles. The third kappa shape index (κ3) is 4.44. The number of nitrogens with zero attached hydrogens (tertiary/aromatic N) is 5. The molecule has 160 valence electrons. The molecule has 0 spiro atoms.